The Bertz CT molecular complexity index is 429. The molecule has 0 saturated heterocycles. The van der Waals surface area contributed by atoms with E-state index in [0.29, 0.717) is 5.69 Å². The highest BCUT2D eigenvalue weighted by Crippen LogP contribution is 2.35. The van der Waals surface area contributed by atoms with Crippen molar-refractivity contribution in [2.75, 3.05) is 5.32 Å². The Morgan fingerprint density at radius 1 is 1.32 bits per heavy atom. The maximum Gasteiger partial charge on any atom is 0.272 e. The van der Waals surface area contributed by atoms with Crippen molar-refractivity contribution in [2.24, 2.45) is 0 Å². The largest absolute Gasteiger partial charge is 0.380 e. The third-order valence-corrected chi connectivity index (χ3v) is 3.47. The molecule has 0 bridgehead atoms. The summed E-state index contributed by atoms with van der Waals surface area (Å²) in [6.07, 6.45) is 4.50. The summed E-state index contributed by atoms with van der Waals surface area (Å²) in [6, 6.07) is 2.85. The molecule has 0 fully saturated rings. The Hall–Kier alpha value is -1.00. The van der Waals surface area contributed by atoms with Crippen LogP contribution >= 0.6 is 23.2 Å². The van der Waals surface area contributed by atoms with Crippen molar-refractivity contribution in [3.8, 4) is 0 Å². The molecular formula is C13H18Cl2N2O2. The summed E-state index contributed by atoms with van der Waals surface area (Å²) in [5.74, 6) is 0. The summed E-state index contributed by atoms with van der Waals surface area (Å²) in [5, 5.41) is 14.5. The van der Waals surface area contributed by atoms with Gasteiger partial charge >= 0.3 is 0 Å². The summed E-state index contributed by atoms with van der Waals surface area (Å²) >= 11 is 12.1. The molecule has 0 aliphatic heterocycles. The van der Waals surface area contributed by atoms with E-state index in [2.05, 4.69) is 12.2 Å². The minimum Gasteiger partial charge on any atom is -0.380 e. The fraction of sp³-hybridized carbons (Fsp3) is 0.538. The Morgan fingerprint density at radius 2 is 1.89 bits per heavy atom. The monoisotopic (exact) mass is 304 g/mol. The topological polar surface area (TPSA) is 55.2 Å². The molecule has 6 heteroatoms. The average molecular weight is 305 g/mol. The fourth-order valence-corrected chi connectivity index (χ4v) is 2.41. The maximum atomic E-state index is 10.7. The van der Waals surface area contributed by atoms with Gasteiger partial charge in [0.15, 0.2) is 0 Å². The van der Waals surface area contributed by atoms with Gasteiger partial charge in [-0.1, -0.05) is 49.4 Å². The number of nitrogens with one attached hydrogen (secondary N) is 1. The van der Waals surface area contributed by atoms with E-state index >= 15 is 0 Å². The van der Waals surface area contributed by atoms with Crippen molar-refractivity contribution < 1.29 is 4.92 Å². The van der Waals surface area contributed by atoms with Crippen LogP contribution in [0.4, 0.5) is 11.4 Å². The van der Waals surface area contributed by atoms with E-state index in [-0.39, 0.29) is 21.8 Å². The van der Waals surface area contributed by atoms with Gasteiger partial charge in [-0.3, -0.25) is 10.1 Å². The predicted octanol–water partition coefficient (Wildman–Crippen LogP) is 5.28. The van der Waals surface area contributed by atoms with Crippen molar-refractivity contribution in [1.29, 1.82) is 0 Å². The number of nitro groups is 1. The summed E-state index contributed by atoms with van der Waals surface area (Å²) < 4.78 is 0. The molecule has 1 rings (SSSR count). The van der Waals surface area contributed by atoms with Crippen molar-refractivity contribution in [1.82, 2.24) is 0 Å². The molecule has 0 spiro atoms. The SMILES string of the molecule is CCCCCC(C)Nc1c(Cl)cc([N+](=O)[O-])cc1Cl. The third kappa shape index (κ3) is 4.88. The molecule has 0 radical (unpaired) electrons. The summed E-state index contributed by atoms with van der Waals surface area (Å²) in [4.78, 5) is 10.2. The van der Waals surface area contributed by atoms with Crippen LogP contribution in [0.15, 0.2) is 12.1 Å². The van der Waals surface area contributed by atoms with Gasteiger partial charge in [0.05, 0.1) is 20.7 Å². The molecule has 0 heterocycles. The van der Waals surface area contributed by atoms with Crippen molar-refractivity contribution in [2.45, 2.75) is 45.6 Å². The third-order valence-electron chi connectivity index (χ3n) is 2.87. The molecule has 1 N–H and O–H groups in total. The van der Waals surface area contributed by atoms with Crippen molar-refractivity contribution >= 4 is 34.6 Å². The number of unbranched alkanes of at least 4 members (excludes halogenated alkanes) is 2. The first-order valence-electron chi connectivity index (χ1n) is 6.35. The van der Waals surface area contributed by atoms with Gasteiger partial charge in [0.1, 0.15) is 0 Å². The number of hydrogen-bond acceptors (Lipinski definition) is 3. The lowest BCUT2D eigenvalue weighted by molar-refractivity contribution is -0.384. The van der Waals surface area contributed by atoms with Crippen LogP contribution in [0.25, 0.3) is 0 Å². The average Bonchev–Trinajstić information content (AvgIpc) is 2.33. The molecule has 1 unspecified atom stereocenters. The van der Waals surface area contributed by atoms with E-state index in [9.17, 15) is 10.1 Å². The zero-order valence-corrected chi connectivity index (χ0v) is 12.6. The molecule has 1 aromatic rings. The van der Waals surface area contributed by atoms with Crippen LogP contribution in [-0.2, 0) is 0 Å². The normalized spacial score (nSPS) is 12.2. The van der Waals surface area contributed by atoms with Crippen molar-refractivity contribution in [3.05, 3.63) is 32.3 Å². The highest BCUT2D eigenvalue weighted by atomic mass is 35.5. The van der Waals surface area contributed by atoms with E-state index in [0.717, 1.165) is 12.8 Å². The van der Waals surface area contributed by atoms with Gasteiger partial charge in [0.2, 0.25) is 0 Å². The second-order valence-electron chi connectivity index (χ2n) is 4.58. The summed E-state index contributed by atoms with van der Waals surface area (Å²) in [7, 11) is 0. The van der Waals surface area contributed by atoms with Gasteiger partial charge in [-0.2, -0.15) is 0 Å². The van der Waals surface area contributed by atoms with E-state index in [4.69, 9.17) is 23.2 Å². The van der Waals surface area contributed by atoms with E-state index in [1.807, 2.05) is 6.92 Å². The maximum absolute atomic E-state index is 10.7. The van der Waals surface area contributed by atoms with E-state index < -0.39 is 4.92 Å². The molecule has 19 heavy (non-hydrogen) atoms. The van der Waals surface area contributed by atoms with E-state index in [1.54, 1.807) is 0 Å². The van der Waals surface area contributed by atoms with Crippen LogP contribution in [-0.4, -0.2) is 11.0 Å². The first-order valence-corrected chi connectivity index (χ1v) is 7.11. The number of benzene rings is 1. The molecule has 0 aliphatic rings. The first-order chi connectivity index (χ1) is 8.95. The predicted molar refractivity (Wildman–Crippen MR) is 80.3 cm³/mol. The lowest BCUT2D eigenvalue weighted by atomic mass is 10.1. The summed E-state index contributed by atoms with van der Waals surface area (Å²) in [6.45, 7) is 4.20. The van der Waals surface area contributed by atoms with Crippen LogP contribution in [0.5, 0.6) is 0 Å². The molecular weight excluding hydrogens is 287 g/mol. The highest BCUT2D eigenvalue weighted by molar-refractivity contribution is 6.39. The van der Waals surface area contributed by atoms with E-state index in [1.165, 1.54) is 25.0 Å². The smallest absolute Gasteiger partial charge is 0.272 e. The van der Waals surface area contributed by atoms with Crippen LogP contribution in [0.1, 0.15) is 39.5 Å². The Morgan fingerprint density at radius 3 is 2.37 bits per heavy atom. The number of non-ortho nitro benzene ring substituents is 1. The number of hydrogen-bond donors (Lipinski definition) is 1. The van der Waals surface area contributed by atoms with Gasteiger partial charge in [0.25, 0.3) is 5.69 Å². The van der Waals surface area contributed by atoms with Gasteiger partial charge < -0.3 is 5.32 Å². The molecule has 0 aromatic heterocycles. The highest BCUT2D eigenvalue weighted by Gasteiger charge is 2.15. The van der Waals surface area contributed by atoms with Gasteiger partial charge in [-0.05, 0) is 13.3 Å². The Labute approximate surface area is 123 Å². The number of nitro benzene ring substituents is 1. The zero-order valence-electron chi connectivity index (χ0n) is 11.1. The lowest BCUT2D eigenvalue weighted by Gasteiger charge is -2.17. The molecule has 0 aliphatic carbocycles. The Kier molecular flexibility index (Phi) is 6.38. The van der Waals surface area contributed by atoms with Crippen molar-refractivity contribution in [3.63, 3.8) is 0 Å². The molecule has 0 amide bonds. The van der Waals surface area contributed by atoms with Gasteiger partial charge in [0, 0.05) is 18.2 Å². The Balaban J connectivity index is 2.75. The van der Waals surface area contributed by atoms with Crippen LogP contribution in [0, 0.1) is 10.1 Å². The van der Waals surface area contributed by atoms with Crippen LogP contribution in [0.2, 0.25) is 10.0 Å². The minimum absolute atomic E-state index is 0.0980. The number of nitrogens with zero attached hydrogens (tertiary/aromatic N) is 1. The summed E-state index contributed by atoms with van der Waals surface area (Å²) in [5.41, 5.74) is 0.470. The molecule has 1 atom stereocenters. The van der Waals surface area contributed by atoms with Crippen LogP contribution < -0.4 is 5.32 Å². The number of anilines is 1. The molecule has 1 aromatic carbocycles. The second-order valence-corrected chi connectivity index (χ2v) is 5.40. The zero-order chi connectivity index (χ0) is 14.4. The molecule has 4 nitrogen and oxygen atoms in total. The van der Waals surface area contributed by atoms with Gasteiger partial charge in [-0.25, -0.2) is 0 Å². The second kappa shape index (κ2) is 7.56. The number of rotatable bonds is 7. The fourth-order valence-electron chi connectivity index (χ4n) is 1.82. The van der Waals surface area contributed by atoms with Gasteiger partial charge in [-0.15, -0.1) is 0 Å². The van der Waals surface area contributed by atoms with Crippen LogP contribution in [0.3, 0.4) is 0 Å². The molecule has 106 valence electrons. The first kappa shape index (κ1) is 16.1. The number of halogens is 2. The standard InChI is InChI=1S/C13H18Cl2N2O2/c1-3-4-5-6-9(2)16-13-11(14)7-10(17(18)19)8-12(13)15/h7-9,16H,3-6H2,1-2H3. The minimum atomic E-state index is -0.508. The quantitative estimate of drug-likeness (QED) is 0.423. The lowest BCUT2D eigenvalue weighted by Crippen LogP contribution is -2.15. The molecule has 0 saturated carbocycles.